The van der Waals surface area contributed by atoms with E-state index in [0.29, 0.717) is 0 Å². The van der Waals surface area contributed by atoms with Gasteiger partial charge >= 0.3 is 0 Å². The molecule has 0 bridgehead atoms. The molecule has 2 rings (SSSR count). The second-order valence-electron chi connectivity index (χ2n) is 5.65. The second kappa shape index (κ2) is 5.74. The Balaban J connectivity index is 2.16. The van der Waals surface area contributed by atoms with Gasteiger partial charge < -0.3 is 15.0 Å². The molecule has 1 aliphatic heterocycles. The smallest absolute Gasteiger partial charge is 0.224 e. The molecule has 1 N–H and O–H groups in total. The van der Waals surface area contributed by atoms with E-state index >= 15 is 0 Å². The number of anilines is 2. The summed E-state index contributed by atoms with van der Waals surface area (Å²) >= 11 is 0. The lowest BCUT2D eigenvalue weighted by atomic mass is 10.1. The summed E-state index contributed by atoms with van der Waals surface area (Å²) in [5.74, 6) is 1.71. The third-order valence-corrected chi connectivity index (χ3v) is 3.12. The first kappa shape index (κ1) is 14.1. The fourth-order valence-electron chi connectivity index (χ4n) is 2.24. The van der Waals surface area contributed by atoms with Crippen molar-refractivity contribution in [1.82, 2.24) is 9.97 Å². The van der Waals surface area contributed by atoms with E-state index in [-0.39, 0.29) is 5.60 Å². The standard InChI is InChI=1S/C14H24N4O/c1-5-6-15-13-16-11(2)9-12(17-13)18-7-8-19-14(3,4)10-18/h9H,5-8,10H2,1-4H3,(H,15,16,17). The van der Waals surface area contributed by atoms with Gasteiger partial charge in [-0.3, -0.25) is 0 Å². The van der Waals surface area contributed by atoms with E-state index in [1.807, 2.05) is 13.0 Å². The molecule has 0 unspecified atom stereocenters. The van der Waals surface area contributed by atoms with Gasteiger partial charge in [-0.1, -0.05) is 6.92 Å². The summed E-state index contributed by atoms with van der Waals surface area (Å²) in [6.07, 6.45) is 1.07. The van der Waals surface area contributed by atoms with Crippen LogP contribution in [0, 0.1) is 6.92 Å². The van der Waals surface area contributed by atoms with E-state index < -0.39 is 0 Å². The number of aromatic nitrogens is 2. The number of nitrogens with zero attached hydrogens (tertiary/aromatic N) is 3. The van der Waals surface area contributed by atoms with Crippen molar-refractivity contribution in [3.05, 3.63) is 11.8 Å². The van der Waals surface area contributed by atoms with Crippen molar-refractivity contribution in [2.45, 2.75) is 39.7 Å². The van der Waals surface area contributed by atoms with Crippen molar-refractivity contribution >= 4 is 11.8 Å². The number of hydrogen-bond acceptors (Lipinski definition) is 5. The van der Waals surface area contributed by atoms with Crippen molar-refractivity contribution in [2.24, 2.45) is 0 Å². The lowest BCUT2D eigenvalue weighted by Crippen LogP contribution is -2.48. The Morgan fingerprint density at radius 3 is 2.89 bits per heavy atom. The highest BCUT2D eigenvalue weighted by atomic mass is 16.5. The van der Waals surface area contributed by atoms with Gasteiger partial charge in [0.2, 0.25) is 5.95 Å². The molecular weight excluding hydrogens is 240 g/mol. The Morgan fingerprint density at radius 1 is 1.42 bits per heavy atom. The summed E-state index contributed by atoms with van der Waals surface area (Å²) in [4.78, 5) is 11.3. The molecule has 2 heterocycles. The topological polar surface area (TPSA) is 50.3 Å². The molecule has 0 aromatic carbocycles. The molecule has 0 atom stereocenters. The maximum absolute atomic E-state index is 5.74. The van der Waals surface area contributed by atoms with Crippen LogP contribution < -0.4 is 10.2 Å². The van der Waals surface area contributed by atoms with E-state index in [9.17, 15) is 0 Å². The molecule has 0 saturated carbocycles. The van der Waals surface area contributed by atoms with E-state index in [4.69, 9.17) is 4.74 Å². The largest absolute Gasteiger partial charge is 0.372 e. The summed E-state index contributed by atoms with van der Waals surface area (Å²) in [6.45, 7) is 11.8. The molecule has 1 aromatic rings. The van der Waals surface area contributed by atoms with Gasteiger partial charge in [-0.25, -0.2) is 4.98 Å². The Hall–Kier alpha value is -1.36. The van der Waals surface area contributed by atoms with Gasteiger partial charge in [-0.2, -0.15) is 4.98 Å². The minimum Gasteiger partial charge on any atom is -0.372 e. The van der Waals surface area contributed by atoms with Crippen LogP contribution in [0.2, 0.25) is 0 Å². The first-order chi connectivity index (χ1) is 9.00. The number of aryl methyl sites for hydroxylation is 1. The molecule has 1 aliphatic rings. The Morgan fingerprint density at radius 2 is 2.21 bits per heavy atom. The molecular formula is C14H24N4O. The van der Waals surface area contributed by atoms with Crippen LogP contribution in [0.25, 0.3) is 0 Å². The van der Waals surface area contributed by atoms with Crippen molar-refractivity contribution in [3.63, 3.8) is 0 Å². The molecule has 106 valence electrons. The average Bonchev–Trinajstić information content (AvgIpc) is 2.34. The first-order valence-electron chi connectivity index (χ1n) is 6.98. The number of hydrogen-bond donors (Lipinski definition) is 1. The maximum Gasteiger partial charge on any atom is 0.224 e. The van der Waals surface area contributed by atoms with Gasteiger partial charge in [-0.05, 0) is 27.2 Å². The Bertz CT molecular complexity index is 433. The van der Waals surface area contributed by atoms with Gasteiger partial charge in [0.25, 0.3) is 0 Å². The summed E-state index contributed by atoms with van der Waals surface area (Å²) in [5, 5.41) is 3.26. The van der Waals surface area contributed by atoms with Gasteiger partial charge in [0.05, 0.1) is 12.2 Å². The van der Waals surface area contributed by atoms with Crippen molar-refractivity contribution in [3.8, 4) is 0 Å². The zero-order valence-electron chi connectivity index (χ0n) is 12.4. The summed E-state index contributed by atoms with van der Waals surface area (Å²) in [6, 6.07) is 2.04. The molecule has 0 radical (unpaired) electrons. The number of ether oxygens (including phenoxy) is 1. The van der Waals surface area contributed by atoms with Crippen LogP contribution in [-0.4, -0.2) is 41.8 Å². The molecule has 0 spiro atoms. The van der Waals surface area contributed by atoms with Crippen molar-refractivity contribution < 1.29 is 4.74 Å². The van der Waals surface area contributed by atoms with Gasteiger partial charge in [-0.15, -0.1) is 0 Å². The van der Waals surface area contributed by atoms with Crippen molar-refractivity contribution in [2.75, 3.05) is 36.5 Å². The number of nitrogens with one attached hydrogen (secondary N) is 1. The highest BCUT2D eigenvalue weighted by Crippen LogP contribution is 2.22. The van der Waals surface area contributed by atoms with Gasteiger partial charge in [0.1, 0.15) is 5.82 Å². The van der Waals surface area contributed by atoms with Crippen LogP contribution in [0.3, 0.4) is 0 Å². The van der Waals surface area contributed by atoms with Crippen LogP contribution >= 0.6 is 0 Å². The van der Waals surface area contributed by atoms with Crippen LogP contribution in [0.1, 0.15) is 32.9 Å². The third-order valence-electron chi connectivity index (χ3n) is 3.12. The summed E-state index contributed by atoms with van der Waals surface area (Å²) < 4.78 is 5.74. The zero-order chi connectivity index (χ0) is 13.9. The molecule has 5 nitrogen and oxygen atoms in total. The Labute approximate surface area is 115 Å². The monoisotopic (exact) mass is 264 g/mol. The highest BCUT2D eigenvalue weighted by molar-refractivity contribution is 5.45. The predicted molar refractivity (Wildman–Crippen MR) is 77.8 cm³/mol. The van der Waals surface area contributed by atoms with E-state index in [1.165, 1.54) is 0 Å². The van der Waals surface area contributed by atoms with Crippen LogP contribution in [0.5, 0.6) is 0 Å². The molecule has 1 saturated heterocycles. The predicted octanol–water partition coefficient (Wildman–Crippen LogP) is 2.22. The molecule has 1 fully saturated rings. The number of morpholine rings is 1. The minimum absolute atomic E-state index is 0.117. The molecule has 5 heteroatoms. The first-order valence-corrected chi connectivity index (χ1v) is 6.98. The molecule has 1 aromatic heterocycles. The summed E-state index contributed by atoms with van der Waals surface area (Å²) in [5.41, 5.74) is 0.876. The quantitative estimate of drug-likeness (QED) is 0.903. The number of rotatable bonds is 4. The molecule has 0 amide bonds. The normalized spacial score (nSPS) is 18.4. The van der Waals surface area contributed by atoms with E-state index in [1.54, 1.807) is 0 Å². The maximum atomic E-state index is 5.74. The lowest BCUT2D eigenvalue weighted by molar-refractivity contribution is -0.0279. The van der Waals surface area contributed by atoms with Gasteiger partial charge in [0.15, 0.2) is 0 Å². The van der Waals surface area contributed by atoms with E-state index in [2.05, 4.69) is 41.0 Å². The summed E-state index contributed by atoms with van der Waals surface area (Å²) in [7, 11) is 0. The Kier molecular flexibility index (Phi) is 4.24. The highest BCUT2D eigenvalue weighted by Gasteiger charge is 2.28. The SMILES string of the molecule is CCCNc1nc(C)cc(N2CCOC(C)(C)C2)n1. The third kappa shape index (κ3) is 3.80. The van der Waals surface area contributed by atoms with E-state index in [0.717, 1.165) is 50.1 Å². The fraction of sp³-hybridized carbons (Fsp3) is 0.714. The zero-order valence-corrected chi connectivity index (χ0v) is 12.4. The lowest BCUT2D eigenvalue weighted by Gasteiger charge is -2.38. The fourth-order valence-corrected chi connectivity index (χ4v) is 2.24. The van der Waals surface area contributed by atoms with Crippen LogP contribution in [-0.2, 0) is 4.74 Å². The van der Waals surface area contributed by atoms with Crippen LogP contribution in [0.4, 0.5) is 11.8 Å². The second-order valence-corrected chi connectivity index (χ2v) is 5.65. The van der Waals surface area contributed by atoms with Crippen molar-refractivity contribution in [1.29, 1.82) is 0 Å². The van der Waals surface area contributed by atoms with Gasteiger partial charge in [0, 0.05) is 31.4 Å². The molecule has 0 aliphatic carbocycles. The van der Waals surface area contributed by atoms with Crippen LogP contribution in [0.15, 0.2) is 6.07 Å². The minimum atomic E-state index is -0.117. The average molecular weight is 264 g/mol. The molecule has 19 heavy (non-hydrogen) atoms.